The molecule has 0 unspecified atom stereocenters. The lowest BCUT2D eigenvalue weighted by molar-refractivity contribution is -0.151. The molecule has 160 valence electrons. The minimum atomic E-state index is -0.753. The number of methoxy groups -OCH3 is 1. The maximum Gasteiger partial charge on any atom is 0.325 e. The van der Waals surface area contributed by atoms with E-state index in [-0.39, 0.29) is 18.8 Å². The van der Waals surface area contributed by atoms with Crippen LogP contribution < -0.4 is 10.1 Å². The number of esters is 1. The lowest BCUT2D eigenvalue weighted by Crippen LogP contribution is -2.36. The summed E-state index contributed by atoms with van der Waals surface area (Å²) >= 11 is 5.76. The number of benzene rings is 2. The Morgan fingerprint density at radius 2 is 1.83 bits per heavy atom. The van der Waals surface area contributed by atoms with Crippen molar-refractivity contribution in [3.63, 3.8) is 0 Å². The highest BCUT2D eigenvalue weighted by Crippen LogP contribution is 2.18. The van der Waals surface area contributed by atoms with E-state index in [1.807, 2.05) is 0 Å². The quantitative estimate of drug-likeness (QED) is 0.611. The Morgan fingerprint density at radius 3 is 2.43 bits per heavy atom. The van der Waals surface area contributed by atoms with E-state index < -0.39 is 30.2 Å². The Morgan fingerprint density at radius 1 is 1.13 bits per heavy atom. The van der Waals surface area contributed by atoms with Gasteiger partial charge in [-0.1, -0.05) is 17.7 Å². The van der Waals surface area contributed by atoms with Crippen LogP contribution in [-0.2, 0) is 20.9 Å². The van der Waals surface area contributed by atoms with Gasteiger partial charge in [-0.05, 0) is 48.9 Å². The summed E-state index contributed by atoms with van der Waals surface area (Å²) in [5, 5.41) is 2.90. The number of nitrogens with one attached hydrogen (secondary N) is 1. The number of hydrogen-bond acceptors (Lipinski definition) is 5. The molecule has 0 atom stereocenters. The van der Waals surface area contributed by atoms with Gasteiger partial charge in [0.25, 0.3) is 11.8 Å². The third-order valence-corrected chi connectivity index (χ3v) is 4.43. The normalized spacial score (nSPS) is 10.3. The van der Waals surface area contributed by atoms with E-state index in [4.69, 9.17) is 21.1 Å². The lowest BCUT2D eigenvalue weighted by atomic mass is 10.2. The van der Waals surface area contributed by atoms with Crippen LogP contribution in [0.1, 0.15) is 22.8 Å². The molecular weight excluding hydrogens is 415 g/mol. The summed E-state index contributed by atoms with van der Waals surface area (Å²) in [5.41, 5.74) is 0.914. The van der Waals surface area contributed by atoms with Crippen LogP contribution in [0.15, 0.2) is 42.5 Å². The van der Waals surface area contributed by atoms with Gasteiger partial charge in [0, 0.05) is 23.7 Å². The molecule has 0 saturated carbocycles. The number of halogens is 2. The average molecular weight is 437 g/mol. The molecule has 0 aliphatic heterocycles. The van der Waals surface area contributed by atoms with Crippen LogP contribution in [0.2, 0.25) is 5.02 Å². The average Bonchev–Trinajstić information content (AvgIpc) is 2.74. The van der Waals surface area contributed by atoms with E-state index in [9.17, 15) is 18.8 Å². The monoisotopic (exact) mass is 436 g/mol. The van der Waals surface area contributed by atoms with Gasteiger partial charge in [-0.15, -0.1) is 0 Å². The molecule has 9 heteroatoms. The first kappa shape index (κ1) is 23.2. The number of amides is 2. The third kappa shape index (κ3) is 6.73. The van der Waals surface area contributed by atoms with Crippen LogP contribution in [-0.4, -0.2) is 49.5 Å². The fourth-order valence-corrected chi connectivity index (χ4v) is 2.67. The molecule has 30 heavy (non-hydrogen) atoms. The van der Waals surface area contributed by atoms with Crippen molar-refractivity contribution in [1.29, 1.82) is 0 Å². The summed E-state index contributed by atoms with van der Waals surface area (Å²) in [4.78, 5) is 37.5. The van der Waals surface area contributed by atoms with Crippen LogP contribution in [0.3, 0.4) is 0 Å². The van der Waals surface area contributed by atoms with Gasteiger partial charge < -0.3 is 19.7 Å². The first-order valence-corrected chi connectivity index (χ1v) is 9.51. The molecule has 0 heterocycles. The third-order valence-electron chi connectivity index (χ3n) is 4.18. The summed E-state index contributed by atoms with van der Waals surface area (Å²) in [6.07, 6.45) is 0. The van der Waals surface area contributed by atoms with Crippen molar-refractivity contribution in [2.45, 2.75) is 13.5 Å². The maximum absolute atomic E-state index is 13.8. The van der Waals surface area contributed by atoms with E-state index in [2.05, 4.69) is 5.32 Å². The minimum absolute atomic E-state index is 0.114. The molecular formula is C21H22ClFN2O5. The van der Waals surface area contributed by atoms with Crippen molar-refractivity contribution in [3.05, 3.63) is 64.4 Å². The predicted molar refractivity (Wildman–Crippen MR) is 109 cm³/mol. The number of rotatable bonds is 9. The molecule has 7 nitrogen and oxygen atoms in total. The van der Waals surface area contributed by atoms with Crippen molar-refractivity contribution in [2.24, 2.45) is 0 Å². The number of carbonyl (C=O) groups excluding carboxylic acids is 3. The highest BCUT2D eigenvalue weighted by Gasteiger charge is 2.16. The molecule has 2 amide bonds. The second-order valence-corrected chi connectivity index (χ2v) is 6.66. The Hall–Kier alpha value is -3.13. The van der Waals surface area contributed by atoms with Crippen molar-refractivity contribution >= 4 is 29.4 Å². The maximum atomic E-state index is 13.8. The summed E-state index contributed by atoms with van der Waals surface area (Å²) in [6, 6.07) is 10.6. The fraction of sp³-hybridized carbons (Fsp3) is 0.286. The Bertz CT molecular complexity index is 905. The summed E-state index contributed by atoms with van der Waals surface area (Å²) in [6.45, 7) is 1.39. The Kier molecular flexibility index (Phi) is 8.61. The number of hydrogen-bond donors (Lipinski definition) is 1. The number of nitrogens with zero attached hydrogens (tertiary/aromatic N) is 1. The molecule has 0 saturated heterocycles. The largest absolute Gasteiger partial charge is 0.494 e. The zero-order chi connectivity index (χ0) is 22.1. The predicted octanol–water partition coefficient (Wildman–Crippen LogP) is 2.81. The van der Waals surface area contributed by atoms with Gasteiger partial charge in [-0.3, -0.25) is 14.4 Å². The van der Waals surface area contributed by atoms with E-state index >= 15 is 0 Å². The standard InChI is InChI=1S/C21H22ClFN2O5/c1-3-25(12-14-4-9-18(29-2)17(23)10-14)19(26)13-30-20(27)11-24-21(28)15-5-7-16(22)8-6-15/h4-10H,3,11-13H2,1-2H3,(H,24,28). The second-order valence-electron chi connectivity index (χ2n) is 6.23. The highest BCUT2D eigenvalue weighted by molar-refractivity contribution is 6.30. The molecule has 0 spiro atoms. The van der Waals surface area contributed by atoms with E-state index in [0.717, 1.165) is 0 Å². The second kappa shape index (κ2) is 11.2. The summed E-state index contributed by atoms with van der Waals surface area (Å²) < 4.78 is 23.6. The molecule has 0 fully saturated rings. The van der Waals surface area contributed by atoms with Gasteiger partial charge in [0.2, 0.25) is 0 Å². The number of ether oxygens (including phenoxy) is 2. The number of carbonyl (C=O) groups is 3. The SMILES string of the molecule is CCN(Cc1ccc(OC)c(F)c1)C(=O)COC(=O)CNC(=O)c1ccc(Cl)cc1. The summed E-state index contributed by atoms with van der Waals surface area (Å²) in [7, 11) is 1.37. The topological polar surface area (TPSA) is 84.9 Å². The Labute approximate surface area is 178 Å². The molecule has 0 aliphatic carbocycles. The van der Waals surface area contributed by atoms with Crippen LogP contribution >= 0.6 is 11.6 Å². The van der Waals surface area contributed by atoms with Gasteiger partial charge in [0.1, 0.15) is 6.54 Å². The smallest absolute Gasteiger partial charge is 0.325 e. The van der Waals surface area contributed by atoms with Gasteiger partial charge >= 0.3 is 5.97 Å². The molecule has 1 N–H and O–H groups in total. The van der Waals surface area contributed by atoms with Crippen molar-refractivity contribution < 1.29 is 28.2 Å². The van der Waals surface area contributed by atoms with Crippen molar-refractivity contribution in [1.82, 2.24) is 10.2 Å². The molecule has 0 radical (unpaired) electrons. The van der Waals surface area contributed by atoms with Gasteiger partial charge in [0.15, 0.2) is 18.2 Å². The van der Waals surface area contributed by atoms with Crippen LogP contribution in [0, 0.1) is 5.82 Å². The Balaban J connectivity index is 1.81. The van der Waals surface area contributed by atoms with Gasteiger partial charge in [0.05, 0.1) is 7.11 Å². The van der Waals surface area contributed by atoms with E-state index in [0.29, 0.717) is 22.7 Å². The molecule has 2 aromatic rings. The lowest BCUT2D eigenvalue weighted by Gasteiger charge is -2.21. The van der Waals surface area contributed by atoms with Crippen LogP contribution in [0.25, 0.3) is 0 Å². The zero-order valence-corrected chi connectivity index (χ0v) is 17.4. The summed E-state index contributed by atoms with van der Waals surface area (Å²) in [5.74, 6) is -2.07. The van der Waals surface area contributed by atoms with Gasteiger partial charge in [-0.25, -0.2) is 4.39 Å². The minimum Gasteiger partial charge on any atom is -0.494 e. The number of likely N-dealkylation sites (N-methyl/N-ethyl adjacent to an activating group) is 1. The van der Waals surface area contributed by atoms with Crippen LogP contribution in [0.5, 0.6) is 5.75 Å². The van der Waals surface area contributed by atoms with E-state index in [1.165, 1.54) is 36.3 Å². The van der Waals surface area contributed by atoms with Crippen molar-refractivity contribution in [2.75, 3.05) is 26.8 Å². The molecule has 0 bridgehead atoms. The van der Waals surface area contributed by atoms with Crippen molar-refractivity contribution in [3.8, 4) is 5.75 Å². The van der Waals surface area contributed by atoms with E-state index in [1.54, 1.807) is 25.1 Å². The molecule has 0 aliphatic rings. The first-order valence-electron chi connectivity index (χ1n) is 9.13. The molecule has 2 aromatic carbocycles. The fourth-order valence-electron chi connectivity index (χ4n) is 2.55. The van der Waals surface area contributed by atoms with Gasteiger partial charge in [-0.2, -0.15) is 0 Å². The first-order chi connectivity index (χ1) is 14.3. The molecule has 2 rings (SSSR count). The molecule has 0 aromatic heterocycles. The zero-order valence-electron chi connectivity index (χ0n) is 16.6. The van der Waals surface area contributed by atoms with Crippen LogP contribution in [0.4, 0.5) is 4.39 Å². The highest BCUT2D eigenvalue weighted by atomic mass is 35.5.